The summed E-state index contributed by atoms with van der Waals surface area (Å²) in [4.78, 5) is 16.3. The van der Waals surface area contributed by atoms with Crippen LogP contribution in [0.1, 0.15) is 47.5 Å². The van der Waals surface area contributed by atoms with Crippen LogP contribution in [0, 0.1) is 5.92 Å². The number of carbonyl (C=O) groups is 1. The van der Waals surface area contributed by atoms with Gasteiger partial charge in [0.1, 0.15) is 5.69 Å². The fourth-order valence-corrected chi connectivity index (χ4v) is 4.73. The van der Waals surface area contributed by atoms with Crippen molar-refractivity contribution in [1.29, 1.82) is 0 Å². The summed E-state index contributed by atoms with van der Waals surface area (Å²) in [6, 6.07) is 27.6. The van der Waals surface area contributed by atoms with Crippen molar-refractivity contribution in [2.24, 2.45) is 5.92 Å². The SMILES string of the molecule is O=C(O)c1cccc(CC[C@@H]2CCCC=C2c2nc(-c3ccccc3)c(-c3ccccc3)o2)c1. The number of hydrogen-bond acceptors (Lipinski definition) is 3. The molecule has 5 rings (SSSR count). The molecular weight excluding hydrogens is 422 g/mol. The number of rotatable bonds is 7. The molecule has 1 aliphatic rings. The highest BCUT2D eigenvalue weighted by atomic mass is 16.4. The quantitative estimate of drug-likeness (QED) is 0.317. The van der Waals surface area contributed by atoms with Crippen LogP contribution in [0.3, 0.4) is 0 Å². The zero-order chi connectivity index (χ0) is 23.3. The number of carboxylic acid groups (broad SMARTS) is 1. The Balaban J connectivity index is 1.46. The molecule has 0 spiro atoms. The monoisotopic (exact) mass is 449 g/mol. The minimum atomic E-state index is -0.887. The molecule has 1 aliphatic carbocycles. The molecule has 0 saturated carbocycles. The van der Waals surface area contributed by atoms with Crippen LogP contribution >= 0.6 is 0 Å². The zero-order valence-electron chi connectivity index (χ0n) is 19.0. The highest BCUT2D eigenvalue weighted by Gasteiger charge is 2.26. The van der Waals surface area contributed by atoms with Crippen LogP contribution in [0.2, 0.25) is 0 Å². The molecule has 1 atom stereocenters. The number of benzene rings is 3. The second-order valence-electron chi connectivity index (χ2n) is 8.76. The van der Waals surface area contributed by atoms with Gasteiger partial charge in [-0.15, -0.1) is 0 Å². The maximum absolute atomic E-state index is 11.3. The lowest BCUT2D eigenvalue weighted by atomic mass is 9.83. The molecule has 0 saturated heterocycles. The highest BCUT2D eigenvalue weighted by Crippen LogP contribution is 2.40. The van der Waals surface area contributed by atoms with Gasteiger partial charge in [0, 0.05) is 16.7 Å². The van der Waals surface area contributed by atoms with Gasteiger partial charge >= 0.3 is 5.97 Å². The average Bonchev–Trinajstić information content (AvgIpc) is 3.34. The summed E-state index contributed by atoms with van der Waals surface area (Å²) < 4.78 is 6.47. The van der Waals surface area contributed by atoms with E-state index in [9.17, 15) is 9.90 Å². The third kappa shape index (κ3) is 4.72. The number of aromatic nitrogens is 1. The van der Waals surface area contributed by atoms with E-state index in [1.54, 1.807) is 12.1 Å². The van der Waals surface area contributed by atoms with E-state index in [1.165, 1.54) is 5.57 Å². The molecule has 4 nitrogen and oxygen atoms in total. The van der Waals surface area contributed by atoms with Gasteiger partial charge in [-0.3, -0.25) is 0 Å². The molecule has 0 unspecified atom stereocenters. The first-order chi connectivity index (χ1) is 16.7. The highest BCUT2D eigenvalue weighted by molar-refractivity contribution is 5.87. The summed E-state index contributed by atoms with van der Waals surface area (Å²) in [5.74, 6) is 0.928. The standard InChI is InChI=1S/C30H27NO3/c32-30(33)25-16-9-10-21(20-25)18-19-22-11-7-8-17-26(22)29-31-27(23-12-3-1-4-13-23)28(34-29)24-14-5-2-6-15-24/h1-6,9-10,12-17,20,22H,7-8,11,18-19H2,(H,32,33)/t22-/m0/s1. The van der Waals surface area contributed by atoms with Crippen molar-refractivity contribution >= 4 is 11.5 Å². The lowest BCUT2D eigenvalue weighted by Gasteiger charge is -2.22. The van der Waals surface area contributed by atoms with Crippen molar-refractivity contribution in [1.82, 2.24) is 4.98 Å². The molecule has 0 radical (unpaired) electrons. The number of hydrogen-bond donors (Lipinski definition) is 1. The van der Waals surface area contributed by atoms with Gasteiger partial charge < -0.3 is 9.52 Å². The first-order valence-electron chi connectivity index (χ1n) is 11.8. The molecular formula is C30H27NO3. The maximum atomic E-state index is 11.3. The Bertz CT molecular complexity index is 1250. The van der Waals surface area contributed by atoms with Crippen LogP contribution < -0.4 is 0 Å². The smallest absolute Gasteiger partial charge is 0.335 e. The predicted octanol–water partition coefficient (Wildman–Crippen LogP) is 7.52. The van der Waals surface area contributed by atoms with Gasteiger partial charge in [0.25, 0.3) is 0 Å². The number of allylic oxidation sites excluding steroid dienone is 2. The maximum Gasteiger partial charge on any atom is 0.335 e. The fourth-order valence-electron chi connectivity index (χ4n) is 4.73. The van der Waals surface area contributed by atoms with E-state index in [1.807, 2.05) is 48.5 Å². The zero-order valence-corrected chi connectivity index (χ0v) is 19.0. The van der Waals surface area contributed by atoms with E-state index in [-0.39, 0.29) is 0 Å². The minimum absolute atomic E-state index is 0.327. The molecule has 0 amide bonds. The van der Waals surface area contributed by atoms with Crippen molar-refractivity contribution < 1.29 is 14.3 Å². The van der Waals surface area contributed by atoms with Crippen LogP contribution in [0.15, 0.2) is 95.4 Å². The van der Waals surface area contributed by atoms with E-state index >= 15 is 0 Å². The van der Waals surface area contributed by atoms with Crippen molar-refractivity contribution in [3.63, 3.8) is 0 Å². The van der Waals surface area contributed by atoms with Crippen LogP contribution in [-0.2, 0) is 6.42 Å². The fraction of sp³-hybridized carbons (Fsp3) is 0.200. The summed E-state index contributed by atoms with van der Waals surface area (Å²) >= 11 is 0. The topological polar surface area (TPSA) is 63.3 Å². The second-order valence-corrected chi connectivity index (χ2v) is 8.76. The van der Waals surface area contributed by atoms with E-state index in [4.69, 9.17) is 9.40 Å². The summed E-state index contributed by atoms with van der Waals surface area (Å²) in [5, 5.41) is 9.30. The Morgan fingerprint density at radius 1 is 0.941 bits per heavy atom. The summed E-state index contributed by atoms with van der Waals surface area (Å²) in [5.41, 5.74) is 5.46. The number of nitrogens with zero attached hydrogens (tertiary/aromatic N) is 1. The number of aryl methyl sites for hydroxylation is 1. The van der Waals surface area contributed by atoms with E-state index in [0.717, 1.165) is 60.2 Å². The lowest BCUT2D eigenvalue weighted by molar-refractivity contribution is 0.0696. The first kappa shape index (κ1) is 21.9. The van der Waals surface area contributed by atoms with E-state index < -0.39 is 5.97 Å². The molecule has 4 aromatic rings. The molecule has 1 N–H and O–H groups in total. The summed E-state index contributed by atoms with van der Waals surface area (Å²) in [6.07, 6.45) is 7.26. The van der Waals surface area contributed by atoms with Crippen LogP contribution in [-0.4, -0.2) is 16.1 Å². The molecule has 3 aromatic carbocycles. The Kier molecular flexibility index (Phi) is 6.39. The number of oxazole rings is 1. The lowest BCUT2D eigenvalue weighted by Crippen LogP contribution is -2.10. The van der Waals surface area contributed by atoms with Crippen molar-refractivity contribution in [3.8, 4) is 22.6 Å². The van der Waals surface area contributed by atoms with Gasteiger partial charge in [-0.25, -0.2) is 9.78 Å². The average molecular weight is 450 g/mol. The van der Waals surface area contributed by atoms with Gasteiger partial charge in [0.15, 0.2) is 5.76 Å². The van der Waals surface area contributed by atoms with Crippen molar-refractivity contribution in [2.45, 2.75) is 32.1 Å². The largest absolute Gasteiger partial charge is 0.478 e. The molecule has 0 fully saturated rings. The molecule has 170 valence electrons. The van der Waals surface area contributed by atoms with Crippen molar-refractivity contribution in [2.75, 3.05) is 0 Å². The normalized spacial score (nSPS) is 15.6. The third-order valence-corrected chi connectivity index (χ3v) is 6.47. The molecule has 1 aromatic heterocycles. The Morgan fingerprint density at radius 3 is 2.41 bits per heavy atom. The van der Waals surface area contributed by atoms with E-state index in [2.05, 4.69) is 30.3 Å². The Labute approximate surface area is 199 Å². The van der Waals surface area contributed by atoms with Crippen molar-refractivity contribution in [3.05, 3.63) is 108 Å². The van der Waals surface area contributed by atoms with E-state index in [0.29, 0.717) is 17.4 Å². The van der Waals surface area contributed by atoms with Gasteiger partial charge in [-0.1, -0.05) is 78.9 Å². The first-order valence-corrected chi connectivity index (χ1v) is 11.8. The Morgan fingerprint density at radius 2 is 1.68 bits per heavy atom. The van der Waals surface area contributed by atoms with Gasteiger partial charge in [-0.05, 0) is 55.7 Å². The van der Waals surface area contributed by atoms with Crippen LogP contribution in [0.25, 0.3) is 28.2 Å². The van der Waals surface area contributed by atoms with Crippen LogP contribution in [0.4, 0.5) is 0 Å². The molecule has 4 heteroatoms. The Hall–Kier alpha value is -3.92. The molecule has 0 aliphatic heterocycles. The number of aromatic carboxylic acids is 1. The van der Waals surface area contributed by atoms with Gasteiger partial charge in [-0.2, -0.15) is 0 Å². The van der Waals surface area contributed by atoms with Gasteiger partial charge in [0.05, 0.1) is 5.56 Å². The minimum Gasteiger partial charge on any atom is -0.478 e. The molecule has 1 heterocycles. The number of carboxylic acids is 1. The summed E-state index contributed by atoms with van der Waals surface area (Å²) in [6.45, 7) is 0. The molecule has 0 bridgehead atoms. The van der Waals surface area contributed by atoms with Crippen LogP contribution in [0.5, 0.6) is 0 Å². The molecule has 34 heavy (non-hydrogen) atoms. The van der Waals surface area contributed by atoms with Gasteiger partial charge in [0.2, 0.25) is 5.89 Å². The predicted molar refractivity (Wildman–Crippen MR) is 134 cm³/mol. The second kappa shape index (κ2) is 9.92. The summed E-state index contributed by atoms with van der Waals surface area (Å²) in [7, 11) is 0. The third-order valence-electron chi connectivity index (χ3n) is 6.47.